The van der Waals surface area contributed by atoms with Gasteiger partial charge in [-0.05, 0) is 72.6 Å². The van der Waals surface area contributed by atoms with Gasteiger partial charge in [0.05, 0.1) is 23.1 Å². The number of fused-ring (bicyclic) bond motifs is 1. The van der Waals surface area contributed by atoms with Crippen molar-refractivity contribution in [3.63, 3.8) is 0 Å². The van der Waals surface area contributed by atoms with Crippen LogP contribution in [0.25, 0.3) is 39.0 Å². The Morgan fingerprint density at radius 1 is 1.03 bits per heavy atom. The fourth-order valence-corrected chi connectivity index (χ4v) is 4.96. The van der Waals surface area contributed by atoms with Gasteiger partial charge in [-0.1, -0.05) is 24.3 Å². The average Bonchev–Trinajstić information content (AvgIpc) is 3.27. The van der Waals surface area contributed by atoms with Crippen molar-refractivity contribution >= 4 is 16.5 Å². The Kier molecular flexibility index (Phi) is 4.25. The molecule has 2 aliphatic rings. The van der Waals surface area contributed by atoms with Crippen molar-refractivity contribution in [1.29, 1.82) is 0 Å². The highest BCUT2D eigenvalue weighted by atomic mass is 15.1. The van der Waals surface area contributed by atoms with E-state index in [9.17, 15) is 0 Å². The highest BCUT2D eigenvalue weighted by molar-refractivity contribution is 5.98. The van der Waals surface area contributed by atoms with E-state index >= 15 is 0 Å². The third kappa shape index (κ3) is 3.17. The third-order valence-electron chi connectivity index (χ3n) is 6.89. The van der Waals surface area contributed by atoms with Crippen molar-refractivity contribution in [3.8, 4) is 22.5 Å². The molecular weight excluding hydrogens is 382 g/mol. The first-order valence-corrected chi connectivity index (χ1v) is 11.0. The van der Waals surface area contributed by atoms with Crippen molar-refractivity contribution in [2.45, 2.75) is 26.2 Å². The summed E-state index contributed by atoms with van der Waals surface area (Å²) in [7, 11) is 0. The standard InChI is InChI=1S/C26H25N5/c1-17-3-2-4-23(30-17)25-22(14-29-31-25)20-9-12-28-24-13-19(5-6-21(20)24)18-7-10-26(11-8-18)15-27-16-26/h2-7,9,12-14,27H,8,10-11,15-16H2,1H3,(H,29,31). The molecule has 6 rings (SSSR count). The van der Waals surface area contributed by atoms with Crippen LogP contribution in [0.3, 0.4) is 0 Å². The molecule has 1 spiro atoms. The van der Waals surface area contributed by atoms with Gasteiger partial charge in [0.2, 0.25) is 0 Å². The molecule has 0 radical (unpaired) electrons. The Balaban J connectivity index is 1.39. The van der Waals surface area contributed by atoms with Crippen LogP contribution < -0.4 is 5.32 Å². The number of aryl methyl sites for hydroxylation is 1. The molecular formula is C26H25N5. The molecule has 5 heteroatoms. The lowest BCUT2D eigenvalue weighted by Crippen LogP contribution is -2.53. The first kappa shape index (κ1) is 18.5. The minimum absolute atomic E-state index is 0.521. The number of hydrogen-bond acceptors (Lipinski definition) is 4. The van der Waals surface area contributed by atoms with E-state index in [-0.39, 0.29) is 0 Å². The fraction of sp³-hybridized carbons (Fsp3) is 0.269. The zero-order valence-electron chi connectivity index (χ0n) is 17.7. The summed E-state index contributed by atoms with van der Waals surface area (Å²) >= 11 is 0. The predicted octanol–water partition coefficient (Wildman–Crippen LogP) is 5.15. The van der Waals surface area contributed by atoms with Crippen molar-refractivity contribution < 1.29 is 0 Å². The summed E-state index contributed by atoms with van der Waals surface area (Å²) in [6, 6.07) is 14.8. The quantitative estimate of drug-likeness (QED) is 0.493. The normalized spacial score (nSPS) is 17.5. The van der Waals surface area contributed by atoms with E-state index in [1.165, 1.54) is 37.1 Å². The van der Waals surface area contributed by atoms with Crippen molar-refractivity contribution in [2.24, 2.45) is 5.41 Å². The van der Waals surface area contributed by atoms with Crippen molar-refractivity contribution in [3.05, 3.63) is 72.2 Å². The molecule has 1 saturated heterocycles. The largest absolute Gasteiger partial charge is 0.316 e. The molecule has 0 amide bonds. The average molecular weight is 408 g/mol. The summed E-state index contributed by atoms with van der Waals surface area (Å²) < 4.78 is 0. The molecule has 4 aromatic rings. The Morgan fingerprint density at radius 3 is 2.74 bits per heavy atom. The Labute approximate surface area is 181 Å². The molecule has 154 valence electrons. The number of allylic oxidation sites excluding steroid dienone is 2. The Bertz CT molecular complexity index is 1310. The third-order valence-corrected chi connectivity index (χ3v) is 6.89. The lowest BCUT2D eigenvalue weighted by atomic mass is 9.70. The summed E-state index contributed by atoms with van der Waals surface area (Å²) in [6.07, 6.45) is 9.84. The first-order chi connectivity index (χ1) is 15.2. The van der Waals surface area contributed by atoms with E-state index in [0.717, 1.165) is 45.5 Å². The van der Waals surface area contributed by atoms with Crippen LogP contribution in [0.5, 0.6) is 0 Å². The van der Waals surface area contributed by atoms with Gasteiger partial charge in [-0.25, -0.2) is 0 Å². The lowest BCUT2D eigenvalue weighted by Gasteiger charge is -2.44. The van der Waals surface area contributed by atoms with Gasteiger partial charge in [-0.15, -0.1) is 0 Å². The topological polar surface area (TPSA) is 66.5 Å². The molecule has 31 heavy (non-hydrogen) atoms. The Morgan fingerprint density at radius 2 is 1.97 bits per heavy atom. The smallest absolute Gasteiger partial charge is 0.0913 e. The highest BCUT2D eigenvalue weighted by Crippen LogP contribution is 2.42. The molecule has 0 atom stereocenters. The summed E-state index contributed by atoms with van der Waals surface area (Å²) in [4.78, 5) is 9.38. The van der Waals surface area contributed by atoms with Gasteiger partial charge in [-0.3, -0.25) is 15.1 Å². The molecule has 5 nitrogen and oxygen atoms in total. The van der Waals surface area contributed by atoms with Gasteiger partial charge in [0.15, 0.2) is 0 Å². The second kappa shape index (κ2) is 7.13. The van der Waals surface area contributed by atoms with Crippen LogP contribution in [0, 0.1) is 12.3 Å². The molecule has 0 unspecified atom stereocenters. The summed E-state index contributed by atoms with van der Waals surface area (Å²) in [5.41, 5.74) is 9.30. The van der Waals surface area contributed by atoms with Gasteiger partial charge < -0.3 is 5.32 Å². The van der Waals surface area contributed by atoms with Gasteiger partial charge >= 0.3 is 0 Å². The number of benzene rings is 1. The van der Waals surface area contributed by atoms with Crippen molar-refractivity contribution in [1.82, 2.24) is 25.5 Å². The number of rotatable bonds is 3. The second-order valence-corrected chi connectivity index (χ2v) is 8.95. The zero-order valence-corrected chi connectivity index (χ0v) is 17.7. The predicted molar refractivity (Wildman–Crippen MR) is 124 cm³/mol. The Hall–Kier alpha value is -3.31. The molecule has 2 N–H and O–H groups in total. The number of hydrogen-bond donors (Lipinski definition) is 2. The fourth-order valence-electron chi connectivity index (χ4n) is 4.96. The maximum atomic E-state index is 4.70. The number of aromatic amines is 1. The molecule has 3 aromatic heterocycles. The molecule has 4 heterocycles. The maximum absolute atomic E-state index is 4.70. The monoisotopic (exact) mass is 407 g/mol. The zero-order chi connectivity index (χ0) is 20.8. The number of nitrogens with one attached hydrogen (secondary N) is 2. The molecule has 0 saturated carbocycles. The van der Waals surface area contributed by atoms with Gasteiger partial charge in [0.25, 0.3) is 0 Å². The van der Waals surface area contributed by atoms with E-state index in [2.05, 4.69) is 50.8 Å². The summed E-state index contributed by atoms with van der Waals surface area (Å²) in [6.45, 7) is 4.34. The van der Waals surface area contributed by atoms with Crippen LogP contribution in [0.15, 0.2) is 60.9 Å². The van der Waals surface area contributed by atoms with Gasteiger partial charge in [-0.2, -0.15) is 5.10 Å². The number of H-pyrrole nitrogens is 1. The number of nitrogens with zero attached hydrogens (tertiary/aromatic N) is 3. The minimum atomic E-state index is 0.521. The van der Waals surface area contributed by atoms with Crippen LogP contribution in [0.1, 0.15) is 30.5 Å². The first-order valence-electron chi connectivity index (χ1n) is 11.0. The van der Waals surface area contributed by atoms with E-state index in [4.69, 9.17) is 4.98 Å². The van der Waals surface area contributed by atoms with E-state index in [0.29, 0.717) is 5.41 Å². The summed E-state index contributed by atoms with van der Waals surface area (Å²) in [5, 5.41) is 12.1. The molecule has 1 fully saturated rings. The van der Waals surface area contributed by atoms with E-state index < -0.39 is 0 Å². The van der Waals surface area contributed by atoms with Crippen molar-refractivity contribution in [2.75, 3.05) is 13.1 Å². The van der Waals surface area contributed by atoms with Crippen LogP contribution in [0.2, 0.25) is 0 Å². The van der Waals surface area contributed by atoms with Gasteiger partial charge in [0, 0.05) is 35.9 Å². The second-order valence-electron chi connectivity index (χ2n) is 8.95. The maximum Gasteiger partial charge on any atom is 0.0913 e. The lowest BCUT2D eigenvalue weighted by molar-refractivity contribution is 0.153. The molecule has 1 aliphatic carbocycles. The highest BCUT2D eigenvalue weighted by Gasteiger charge is 2.37. The van der Waals surface area contributed by atoms with Crippen LogP contribution in [-0.2, 0) is 0 Å². The van der Waals surface area contributed by atoms with Crippen LogP contribution >= 0.6 is 0 Å². The van der Waals surface area contributed by atoms with Crippen LogP contribution in [-0.4, -0.2) is 33.3 Å². The summed E-state index contributed by atoms with van der Waals surface area (Å²) in [5.74, 6) is 0. The van der Waals surface area contributed by atoms with E-state index in [1.807, 2.05) is 37.5 Å². The van der Waals surface area contributed by atoms with Gasteiger partial charge in [0.1, 0.15) is 0 Å². The molecule has 1 aliphatic heterocycles. The number of aromatic nitrogens is 4. The van der Waals surface area contributed by atoms with E-state index in [1.54, 1.807) is 0 Å². The number of pyridine rings is 2. The minimum Gasteiger partial charge on any atom is -0.316 e. The molecule has 1 aromatic carbocycles. The van der Waals surface area contributed by atoms with Crippen LogP contribution in [0.4, 0.5) is 0 Å². The molecule has 0 bridgehead atoms. The SMILES string of the molecule is Cc1cccc(-c2[nH]ncc2-c2ccnc3cc(C4=CCC5(CC4)CNC5)ccc23)n1.